The molecular weight excluding hydrogens is 423 g/mol. The standard InChI is InChI=1S/C27H31FO3S/c28-16-17-29-18-19-30-20-21-31-22-23-32-27(24-10-4-1-5-11-24,25-12-6-2-7-13-25)26-14-8-3-9-15-26/h1-15H,16-23H2. The van der Waals surface area contributed by atoms with E-state index in [0.717, 1.165) is 5.75 Å². The Balaban J connectivity index is 1.64. The minimum atomic E-state index is -0.461. The van der Waals surface area contributed by atoms with E-state index < -0.39 is 6.67 Å². The Morgan fingerprint density at radius 2 is 0.906 bits per heavy atom. The summed E-state index contributed by atoms with van der Waals surface area (Å²) in [5.74, 6) is 0.832. The largest absolute Gasteiger partial charge is 0.378 e. The zero-order chi connectivity index (χ0) is 22.3. The van der Waals surface area contributed by atoms with Gasteiger partial charge in [-0.25, -0.2) is 4.39 Å². The van der Waals surface area contributed by atoms with Crippen LogP contribution in [0.4, 0.5) is 4.39 Å². The first-order valence-corrected chi connectivity index (χ1v) is 12.0. The molecule has 5 heteroatoms. The van der Waals surface area contributed by atoms with Gasteiger partial charge in [-0.3, -0.25) is 0 Å². The molecule has 0 aromatic heterocycles. The van der Waals surface area contributed by atoms with Crippen molar-refractivity contribution in [2.75, 3.05) is 52.1 Å². The minimum Gasteiger partial charge on any atom is -0.378 e. The van der Waals surface area contributed by atoms with Crippen LogP contribution in [0, 0.1) is 0 Å². The first-order chi connectivity index (χ1) is 15.9. The average molecular weight is 455 g/mol. The highest BCUT2D eigenvalue weighted by atomic mass is 32.2. The molecule has 0 atom stereocenters. The molecule has 0 saturated carbocycles. The van der Waals surface area contributed by atoms with E-state index in [2.05, 4.69) is 91.0 Å². The number of rotatable bonds is 15. The highest BCUT2D eigenvalue weighted by molar-refractivity contribution is 8.00. The summed E-state index contributed by atoms with van der Waals surface area (Å²) in [4.78, 5) is 0. The lowest BCUT2D eigenvalue weighted by Crippen LogP contribution is -2.26. The summed E-state index contributed by atoms with van der Waals surface area (Å²) in [6.45, 7) is 2.19. The Morgan fingerprint density at radius 1 is 0.531 bits per heavy atom. The Labute approximate surface area is 194 Å². The molecule has 0 amide bonds. The van der Waals surface area contributed by atoms with E-state index in [4.69, 9.17) is 14.2 Å². The lowest BCUT2D eigenvalue weighted by molar-refractivity contribution is 0.0150. The predicted octanol–water partition coefficient (Wildman–Crippen LogP) is 5.73. The molecule has 3 aromatic rings. The summed E-state index contributed by atoms with van der Waals surface area (Å²) in [6.07, 6.45) is 0. The van der Waals surface area contributed by atoms with E-state index in [1.807, 2.05) is 11.8 Å². The van der Waals surface area contributed by atoms with Crippen molar-refractivity contribution in [1.29, 1.82) is 0 Å². The molecule has 0 saturated heterocycles. The van der Waals surface area contributed by atoms with Gasteiger partial charge in [0, 0.05) is 5.75 Å². The predicted molar refractivity (Wildman–Crippen MR) is 130 cm³/mol. The molecule has 0 aliphatic heterocycles. The third-order valence-corrected chi connectivity index (χ3v) is 6.56. The molecule has 0 aliphatic carbocycles. The van der Waals surface area contributed by atoms with Crippen LogP contribution in [0.25, 0.3) is 0 Å². The summed E-state index contributed by atoms with van der Waals surface area (Å²) in [6, 6.07) is 32.0. The molecule has 0 radical (unpaired) electrons. The van der Waals surface area contributed by atoms with Gasteiger partial charge in [-0.1, -0.05) is 91.0 Å². The molecule has 0 fully saturated rings. The zero-order valence-electron chi connectivity index (χ0n) is 18.3. The van der Waals surface area contributed by atoms with E-state index >= 15 is 0 Å². The van der Waals surface area contributed by atoms with Gasteiger partial charge in [0.25, 0.3) is 0 Å². The summed E-state index contributed by atoms with van der Waals surface area (Å²) in [5.41, 5.74) is 3.75. The number of benzene rings is 3. The number of hydrogen-bond donors (Lipinski definition) is 0. The quantitative estimate of drug-likeness (QED) is 0.216. The molecule has 0 heterocycles. The normalized spacial score (nSPS) is 11.5. The lowest BCUT2D eigenvalue weighted by Gasteiger charge is -2.35. The Kier molecular flexibility index (Phi) is 10.8. The van der Waals surface area contributed by atoms with Gasteiger partial charge in [0.2, 0.25) is 0 Å². The van der Waals surface area contributed by atoms with Crippen LogP contribution in [-0.4, -0.2) is 52.1 Å². The van der Waals surface area contributed by atoms with Crippen LogP contribution < -0.4 is 0 Å². The monoisotopic (exact) mass is 454 g/mol. The minimum absolute atomic E-state index is 0.128. The van der Waals surface area contributed by atoms with Crippen LogP contribution in [0.3, 0.4) is 0 Å². The molecule has 0 N–H and O–H groups in total. The van der Waals surface area contributed by atoms with Gasteiger partial charge in [-0.2, -0.15) is 0 Å². The van der Waals surface area contributed by atoms with Crippen molar-refractivity contribution in [3.05, 3.63) is 108 Å². The van der Waals surface area contributed by atoms with Crippen molar-refractivity contribution in [1.82, 2.24) is 0 Å². The van der Waals surface area contributed by atoms with Gasteiger partial charge >= 0.3 is 0 Å². The molecule has 0 spiro atoms. The second kappa shape index (κ2) is 14.1. The highest BCUT2D eigenvalue weighted by Gasteiger charge is 2.36. The first kappa shape index (κ1) is 24.5. The summed E-state index contributed by atoms with van der Waals surface area (Å²) >= 11 is 1.88. The third kappa shape index (κ3) is 6.91. The van der Waals surface area contributed by atoms with Gasteiger partial charge in [0.1, 0.15) is 6.67 Å². The van der Waals surface area contributed by atoms with Crippen LogP contribution in [0.5, 0.6) is 0 Å². The van der Waals surface area contributed by atoms with Crippen LogP contribution in [0.2, 0.25) is 0 Å². The molecular formula is C27H31FO3S. The van der Waals surface area contributed by atoms with E-state index in [0.29, 0.717) is 33.0 Å². The number of halogens is 1. The van der Waals surface area contributed by atoms with E-state index in [9.17, 15) is 4.39 Å². The fourth-order valence-corrected chi connectivity index (χ4v) is 5.03. The number of ether oxygens (including phenoxy) is 3. The second-order valence-electron chi connectivity index (χ2n) is 7.15. The molecule has 0 bridgehead atoms. The summed E-state index contributed by atoms with van der Waals surface area (Å²) < 4.78 is 28.0. The van der Waals surface area contributed by atoms with Gasteiger partial charge in [0.15, 0.2) is 0 Å². The van der Waals surface area contributed by atoms with Crippen molar-refractivity contribution in [3.63, 3.8) is 0 Å². The van der Waals surface area contributed by atoms with Crippen molar-refractivity contribution in [2.24, 2.45) is 0 Å². The molecule has 170 valence electrons. The van der Waals surface area contributed by atoms with Gasteiger partial charge in [-0.15, -0.1) is 11.8 Å². The van der Waals surface area contributed by atoms with Gasteiger partial charge in [0.05, 0.1) is 44.4 Å². The topological polar surface area (TPSA) is 27.7 Å². The molecule has 32 heavy (non-hydrogen) atoms. The summed E-state index contributed by atoms with van der Waals surface area (Å²) in [7, 11) is 0. The average Bonchev–Trinajstić information content (AvgIpc) is 2.87. The maximum Gasteiger partial charge on any atom is 0.113 e. The molecule has 3 rings (SSSR count). The highest BCUT2D eigenvalue weighted by Crippen LogP contribution is 2.48. The first-order valence-electron chi connectivity index (χ1n) is 11.0. The van der Waals surface area contributed by atoms with Gasteiger partial charge in [-0.05, 0) is 16.7 Å². The Hall–Kier alpha value is -2.18. The molecule has 3 aromatic carbocycles. The fourth-order valence-electron chi connectivity index (χ4n) is 3.62. The Bertz CT molecular complexity index is 765. The SMILES string of the molecule is FCCOCCOCCOCCSC(c1ccccc1)(c1ccccc1)c1ccccc1. The van der Waals surface area contributed by atoms with E-state index in [-0.39, 0.29) is 11.4 Å². The van der Waals surface area contributed by atoms with Crippen LogP contribution in [-0.2, 0) is 19.0 Å². The van der Waals surface area contributed by atoms with Gasteiger partial charge < -0.3 is 14.2 Å². The van der Waals surface area contributed by atoms with E-state index in [1.54, 1.807) is 0 Å². The van der Waals surface area contributed by atoms with Crippen molar-refractivity contribution < 1.29 is 18.6 Å². The fraction of sp³-hybridized carbons (Fsp3) is 0.333. The van der Waals surface area contributed by atoms with Crippen LogP contribution >= 0.6 is 11.8 Å². The third-order valence-electron chi connectivity index (χ3n) is 5.05. The number of thioether (sulfide) groups is 1. The lowest BCUT2D eigenvalue weighted by atomic mass is 9.84. The molecule has 0 aliphatic rings. The van der Waals surface area contributed by atoms with Crippen LogP contribution in [0.1, 0.15) is 16.7 Å². The second-order valence-corrected chi connectivity index (χ2v) is 8.46. The van der Waals surface area contributed by atoms with Crippen LogP contribution in [0.15, 0.2) is 91.0 Å². The Morgan fingerprint density at radius 3 is 1.31 bits per heavy atom. The number of hydrogen-bond acceptors (Lipinski definition) is 4. The number of alkyl halides is 1. The van der Waals surface area contributed by atoms with Crippen molar-refractivity contribution in [2.45, 2.75) is 4.75 Å². The zero-order valence-corrected chi connectivity index (χ0v) is 19.1. The summed E-state index contributed by atoms with van der Waals surface area (Å²) in [5, 5.41) is 0. The maximum absolute atomic E-state index is 12.0. The molecule has 3 nitrogen and oxygen atoms in total. The smallest absolute Gasteiger partial charge is 0.113 e. The van der Waals surface area contributed by atoms with E-state index in [1.165, 1.54) is 16.7 Å². The molecule has 0 unspecified atom stereocenters. The maximum atomic E-state index is 12.0. The van der Waals surface area contributed by atoms with Crippen molar-refractivity contribution >= 4 is 11.8 Å². The van der Waals surface area contributed by atoms with Crippen molar-refractivity contribution in [3.8, 4) is 0 Å².